The van der Waals surface area contributed by atoms with Crippen molar-refractivity contribution in [2.45, 2.75) is 13.5 Å². The molecule has 2 rings (SSSR count). The van der Waals surface area contributed by atoms with Gasteiger partial charge in [0.25, 0.3) is 0 Å². The fraction of sp³-hybridized carbons (Fsp3) is 0.125. The van der Waals surface area contributed by atoms with Crippen LogP contribution in [0.4, 0.5) is 4.39 Å². The molecule has 0 heterocycles. The zero-order valence-electron chi connectivity index (χ0n) is 11.2. The maximum absolute atomic E-state index is 13.9. The van der Waals surface area contributed by atoms with Gasteiger partial charge in [0.2, 0.25) is 0 Å². The second-order valence-corrected chi connectivity index (χ2v) is 5.35. The third-order valence-corrected chi connectivity index (χ3v) is 3.42. The summed E-state index contributed by atoms with van der Waals surface area (Å²) in [5.41, 5.74) is 1.40. The number of halogens is 2. The van der Waals surface area contributed by atoms with Gasteiger partial charge in [-0.3, -0.25) is 4.79 Å². The van der Waals surface area contributed by atoms with E-state index in [-0.39, 0.29) is 17.7 Å². The molecule has 0 aliphatic heterocycles. The molecular formula is C16H11BrFNO2. The molecular weight excluding hydrogens is 337 g/mol. The average molecular weight is 348 g/mol. The number of aryl methyl sites for hydroxylation is 1. The highest BCUT2D eigenvalue weighted by Gasteiger charge is 2.12. The van der Waals surface area contributed by atoms with E-state index in [1.54, 1.807) is 31.2 Å². The van der Waals surface area contributed by atoms with Gasteiger partial charge in [-0.25, -0.2) is 4.39 Å². The van der Waals surface area contributed by atoms with Crippen molar-refractivity contribution in [3.63, 3.8) is 0 Å². The summed E-state index contributed by atoms with van der Waals surface area (Å²) in [7, 11) is 0. The van der Waals surface area contributed by atoms with E-state index < -0.39 is 5.82 Å². The normalized spacial score (nSPS) is 10.0. The summed E-state index contributed by atoms with van der Waals surface area (Å²) < 4.78 is 20.3. The Morgan fingerprint density at radius 2 is 2.19 bits per heavy atom. The van der Waals surface area contributed by atoms with Gasteiger partial charge in [0, 0.05) is 10.0 Å². The fourth-order valence-corrected chi connectivity index (χ4v) is 2.56. The lowest BCUT2D eigenvalue weighted by Gasteiger charge is -2.12. The number of hydrogen-bond donors (Lipinski definition) is 0. The minimum absolute atomic E-state index is 0.0285. The Balaban J connectivity index is 2.29. The lowest BCUT2D eigenvalue weighted by atomic mass is 10.1. The molecule has 106 valence electrons. The summed E-state index contributed by atoms with van der Waals surface area (Å²) in [5, 5.41) is 8.80. The van der Waals surface area contributed by atoms with Gasteiger partial charge in [-0.1, -0.05) is 28.1 Å². The molecule has 0 saturated heterocycles. The predicted molar refractivity (Wildman–Crippen MR) is 79.7 cm³/mol. The van der Waals surface area contributed by atoms with Crippen LogP contribution in [0, 0.1) is 24.1 Å². The van der Waals surface area contributed by atoms with Crippen molar-refractivity contribution in [2.75, 3.05) is 0 Å². The van der Waals surface area contributed by atoms with Crippen molar-refractivity contribution in [3.8, 4) is 11.8 Å². The summed E-state index contributed by atoms with van der Waals surface area (Å²) in [6.07, 6.45) is 0.690. The van der Waals surface area contributed by atoms with Crippen LogP contribution in [-0.4, -0.2) is 6.29 Å². The lowest BCUT2D eigenvalue weighted by molar-refractivity contribution is 0.111. The van der Waals surface area contributed by atoms with Crippen molar-refractivity contribution in [1.82, 2.24) is 0 Å². The van der Waals surface area contributed by atoms with Crippen LogP contribution < -0.4 is 4.74 Å². The zero-order valence-corrected chi connectivity index (χ0v) is 12.8. The number of benzene rings is 2. The van der Waals surface area contributed by atoms with Crippen LogP contribution >= 0.6 is 15.9 Å². The first-order valence-corrected chi connectivity index (χ1v) is 6.91. The molecule has 0 fully saturated rings. The Kier molecular flexibility index (Phi) is 4.71. The lowest BCUT2D eigenvalue weighted by Crippen LogP contribution is -2.03. The number of aldehydes is 1. The molecule has 0 bridgehead atoms. The standard InChI is InChI=1S/C16H11BrFNO2/c1-10-5-14(17)6-13(8-20)16(10)21-9-12-4-2-3-11(7-19)15(12)18/h2-6,8H,9H2,1H3. The summed E-state index contributed by atoms with van der Waals surface area (Å²) in [4.78, 5) is 11.1. The largest absolute Gasteiger partial charge is 0.488 e. The quantitative estimate of drug-likeness (QED) is 0.780. The highest BCUT2D eigenvalue weighted by molar-refractivity contribution is 9.10. The van der Waals surface area contributed by atoms with Gasteiger partial charge < -0.3 is 4.74 Å². The van der Waals surface area contributed by atoms with Crippen molar-refractivity contribution in [1.29, 1.82) is 5.26 Å². The van der Waals surface area contributed by atoms with E-state index in [2.05, 4.69) is 15.9 Å². The van der Waals surface area contributed by atoms with Crippen LogP contribution in [0.25, 0.3) is 0 Å². The monoisotopic (exact) mass is 347 g/mol. The van der Waals surface area contributed by atoms with Gasteiger partial charge >= 0.3 is 0 Å². The average Bonchev–Trinajstić information content (AvgIpc) is 2.47. The van der Waals surface area contributed by atoms with Crippen LogP contribution in [0.3, 0.4) is 0 Å². The summed E-state index contributed by atoms with van der Waals surface area (Å²) in [6.45, 7) is 1.75. The van der Waals surface area contributed by atoms with E-state index in [1.165, 1.54) is 6.07 Å². The van der Waals surface area contributed by atoms with Crippen molar-refractivity contribution in [2.24, 2.45) is 0 Å². The minimum atomic E-state index is -0.595. The molecule has 0 radical (unpaired) electrons. The highest BCUT2D eigenvalue weighted by atomic mass is 79.9. The Bertz CT molecular complexity index is 738. The van der Waals surface area contributed by atoms with Gasteiger partial charge in [0.05, 0.1) is 11.1 Å². The number of carbonyl (C=O) groups is 1. The molecule has 2 aromatic carbocycles. The number of hydrogen-bond acceptors (Lipinski definition) is 3. The molecule has 0 atom stereocenters. The van der Waals surface area contributed by atoms with Crippen LogP contribution in [0.15, 0.2) is 34.8 Å². The van der Waals surface area contributed by atoms with Crippen LogP contribution in [-0.2, 0) is 6.61 Å². The second-order valence-electron chi connectivity index (χ2n) is 4.44. The number of carbonyl (C=O) groups excluding carboxylic acids is 1. The summed E-state index contributed by atoms with van der Waals surface area (Å²) in [6, 6.07) is 9.77. The van der Waals surface area contributed by atoms with E-state index >= 15 is 0 Å². The van der Waals surface area contributed by atoms with Crippen LogP contribution in [0.1, 0.15) is 27.0 Å². The third kappa shape index (κ3) is 3.29. The Morgan fingerprint density at radius 3 is 2.86 bits per heavy atom. The number of ether oxygens (including phenoxy) is 1. The molecule has 0 aliphatic rings. The molecule has 2 aromatic rings. The molecule has 5 heteroatoms. The molecule has 0 spiro atoms. The molecule has 0 aromatic heterocycles. The summed E-state index contributed by atoms with van der Waals surface area (Å²) in [5.74, 6) is -0.183. The molecule has 0 aliphatic carbocycles. The van der Waals surface area contributed by atoms with E-state index in [0.717, 1.165) is 10.0 Å². The van der Waals surface area contributed by atoms with Crippen molar-refractivity contribution < 1.29 is 13.9 Å². The number of rotatable bonds is 4. The van der Waals surface area contributed by atoms with Gasteiger partial charge in [0.15, 0.2) is 6.29 Å². The number of nitrogens with zero attached hydrogens (tertiary/aromatic N) is 1. The van der Waals surface area contributed by atoms with Gasteiger partial charge in [-0.15, -0.1) is 0 Å². The first-order valence-electron chi connectivity index (χ1n) is 6.12. The number of nitriles is 1. The summed E-state index contributed by atoms with van der Waals surface area (Å²) >= 11 is 3.30. The Hall–Kier alpha value is -2.19. The molecule has 0 amide bonds. The maximum Gasteiger partial charge on any atom is 0.153 e. The molecule has 0 N–H and O–H groups in total. The van der Waals surface area contributed by atoms with Gasteiger partial charge in [-0.2, -0.15) is 5.26 Å². The van der Waals surface area contributed by atoms with Gasteiger partial charge in [-0.05, 0) is 30.7 Å². The van der Waals surface area contributed by atoms with E-state index in [9.17, 15) is 9.18 Å². The van der Waals surface area contributed by atoms with Gasteiger partial charge in [0.1, 0.15) is 24.2 Å². The van der Waals surface area contributed by atoms with Crippen molar-refractivity contribution >= 4 is 22.2 Å². The second kappa shape index (κ2) is 6.51. The van der Waals surface area contributed by atoms with Crippen LogP contribution in [0.5, 0.6) is 5.75 Å². The molecule has 0 saturated carbocycles. The fourth-order valence-electron chi connectivity index (χ4n) is 1.97. The van der Waals surface area contributed by atoms with Crippen LogP contribution in [0.2, 0.25) is 0 Å². The third-order valence-electron chi connectivity index (χ3n) is 2.97. The predicted octanol–water partition coefficient (Wildman–Crippen LogP) is 4.16. The van der Waals surface area contributed by atoms with Crippen molar-refractivity contribution in [3.05, 3.63) is 62.9 Å². The van der Waals surface area contributed by atoms with E-state index in [4.69, 9.17) is 10.00 Å². The minimum Gasteiger partial charge on any atom is -0.488 e. The molecule has 21 heavy (non-hydrogen) atoms. The smallest absolute Gasteiger partial charge is 0.153 e. The molecule has 0 unspecified atom stereocenters. The van der Waals surface area contributed by atoms with E-state index in [1.807, 2.05) is 6.07 Å². The Morgan fingerprint density at radius 1 is 1.43 bits per heavy atom. The Labute approximate surface area is 130 Å². The highest BCUT2D eigenvalue weighted by Crippen LogP contribution is 2.28. The molecule has 3 nitrogen and oxygen atoms in total. The van der Waals surface area contributed by atoms with E-state index in [0.29, 0.717) is 17.6 Å². The first-order chi connectivity index (χ1) is 10.1. The topological polar surface area (TPSA) is 50.1 Å². The maximum atomic E-state index is 13.9. The SMILES string of the molecule is Cc1cc(Br)cc(C=O)c1OCc1cccc(C#N)c1F. The zero-order chi connectivity index (χ0) is 15.4. The first kappa shape index (κ1) is 15.2.